The van der Waals surface area contributed by atoms with Gasteiger partial charge in [0.15, 0.2) is 0 Å². The monoisotopic (exact) mass is 424 g/mol. The maximum atomic E-state index is 12.7. The van der Waals surface area contributed by atoms with Gasteiger partial charge in [0.05, 0.1) is 15.1 Å². The lowest BCUT2D eigenvalue weighted by Gasteiger charge is -2.10. The van der Waals surface area contributed by atoms with E-state index in [-0.39, 0.29) is 10.8 Å². The molecule has 0 saturated carbocycles. The third-order valence-corrected chi connectivity index (χ3v) is 6.49. The molecule has 2 aromatic carbocycles. The number of amides is 1. The molecule has 0 bridgehead atoms. The minimum Gasteiger partial charge on any atom is -0.326 e. The Labute approximate surface area is 171 Å². The zero-order chi connectivity index (χ0) is 20.4. The molecule has 1 amide bonds. The van der Waals surface area contributed by atoms with E-state index in [2.05, 4.69) is 20.0 Å². The van der Waals surface area contributed by atoms with Crippen molar-refractivity contribution in [2.24, 2.45) is 0 Å². The molecule has 0 aliphatic heterocycles. The van der Waals surface area contributed by atoms with E-state index in [4.69, 9.17) is 0 Å². The van der Waals surface area contributed by atoms with Crippen molar-refractivity contribution in [3.8, 4) is 10.6 Å². The first-order valence-corrected chi connectivity index (χ1v) is 10.9. The summed E-state index contributed by atoms with van der Waals surface area (Å²) in [5.41, 5.74) is 2.63. The number of fused-ring (bicyclic) bond motifs is 1. The van der Waals surface area contributed by atoms with Gasteiger partial charge in [-0.1, -0.05) is 12.1 Å². The van der Waals surface area contributed by atoms with Crippen LogP contribution in [0.4, 0.5) is 11.4 Å². The standard InChI is InChI=1S/C20H16N4O3S2/c1-13(25)22-15-5-7-17(8-6-15)29(26,27)24-16-4-2-3-14(11-16)20-23-18-9-10-21-12-19(18)28-20/h2-12,24H,1H3,(H,22,25). The number of hydrogen-bond donors (Lipinski definition) is 2. The molecule has 29 heavy (non-hydrogen) atoms. The Bertz CT molecular complexity index is 1270. The number of benzene rings is 2. The van der Waals surface area contributed by atoms with E-state index < -0.39 is 10.0 Å². The molecular weight excluding hydrogens is 408 g/mol. The molecule has 4 rings (SSSR count). The van der Waals surface area contributed by atoms with Crippen LogP contribution in [0.2, 0.25) is 0 Å². The predicted octanol–water partition coefficient (Wildman–Crippen LogP) is 4.12. The first kappa shape index (κ1) is 19.0. The molecule has 0 aliphatic rings. The summed E-state index contributed by atoms with van der Waals surface area (Å²) >= 11 is 1.49. The highest BCUT2D eigenvalue weighted by atomic mass is 32.2. The van der Waals surface area contributed by atoms with Gasteiger partial charge in [0.25, 0.3) is 10.0 Å². The normalized spacial score (nSPS) is 11.3. The van der Waals surface area contributed by atoms with Gasteiger partial charge in [-0.2, -0.15) is 0 Å². The third kappa shape index (κ3) is 4.25. The van der Waals surface area contributed by atoms with Gasteiger partial charge in [-0.25, -0.2) is 13.4 Å². The maximum Gasteiger partial charge on any atom is 0.261 e. The van der Waals surface area contributed by atoms with E-state index in [1.54, 1.807) is 42.7 Å². The van der Waals surface area contributed by atoms with Crippen molar-refractivity contribution in [1.82, 2.24) is 9.97 Å². The van der Waals surface area contributed by atoms with Crippen LogP contribution in [-0.4, -0.2) is 24.3 Å². The van der Waals surface area contributed by atoms with Crippen LogP contribution in [0.15, 0.2) is 71.9 Å². The highest BCUT2D eigenvalue weighted by Gasteiger charge is 2.15. The Morgan fingerprint density at radius 3 is 2.55 bits per heavy atom. The number of hydrogen-bond acceptors (Lipinski definition) is 6. The number of nitrogens with zero attached hydrogens (tertiary/aromatic N) is 2. The Kier molecular flexibility index (Phi) is 4.99. The zero-order valence-electron chi connectivity index (χ0n) is 15.3. The van der Waals surface area contributed by atoms with Crippen molar-refractivity contribution in [3.63, 3.8) is 0 Å². The molecule has 0 saturated heterocycles. The van der Waals surface area contributed by atoms with Gasteiger partial charge in [-0.15, -0.1) is 11.3 Å². The van der Waals surface area contributed by atoms with Crippen molar-refractivity contribution in [2.75, 3.05) is 10.0 Å². The van der Waals surface area contributed by atoms with Gasteiger partial charge in [-0.3, -0.25) is 14.5 Å². The van der Waals surface area contributed by atoms with Crippen molar-refractivity contribution < 1.29 is 13.2 Å². The van der Waals surface area contributed by atoms with E-state index >= 15 is 0 Å². The fourth-order valence-corrected chi connectivity index (χ4v) is 4.73. The lowest BCUT2D eigenvalue weighted by atomic mass is 10.2. The first-order valence-electron chi connectivity index (χ1n) is 8.62. The van der Waals surface area contributed by atoms with E-state index in [0.717, 1.165) is 20.8 Å². The molecular formula is C20H16N4O3S2. The second-order valence-corrected chi connectivity index (χ2v) is 8.97. The number of anilines is 2. The molecule has 0 radical (unpaired) electrons. The van der Waals surface area contributed by atoms with Crippen LogP contribution >= 0.6 is 11.3 Å². The van der Waals surface area contributed by atoms with Crippen LogP contribution in [0.1, 0.15) is 6.92 Å². The first-order chi connectivity index (χ1) is 13.9. The van der Waals surface area contributed by atoms with Crippen LogP contribution in [0.25, 0.3) is 20.8 Å². The average Bonchev–Trinajstić information content (AvgIpc) is 3.12. The van der Waals surface area contributed by atoms with E-state index in [0.29, 0.717) is 11.4 Å². The number of rotatable bonds is 5. The minimum absolute atomic E-state index is 0.100. The topological polar surface area (TPSA) is 101 Å². The molecule has 2 aromatic heterocycles. The number of thiazole rings is 1. The van der Waals surface area contributed by atoms with Gasteiger partial charge >= 0.3 is 0 Å². The summed E-state index contributed by atoms with van der Waals surface area (Å²) in [5.74, 6) is -0.221. The molecule has 0 fully saturated rings. The molecule has 146 valence electrons. The molecule has 7 nitrogen and oxygen atoms in total. The van der Waals surface area contributed by atoms with Crippen molar-refractivity contribution in [2.45, 2.75) is 11.8 Å². The van der Waals surface area contributed by atoms with Crippen LogP contribution in [0.5, 0.6) is 0 Å². The molecule has 2 N–H and O–H groups in total. The Hall–Kier alpha value is -3.30. The smallest absolute Gasteiger partial charge is 0.261 e. The molecule has 2 heterocycles. The highest BCUT2D eigenvalue weighted by Crippen LogP contribution is 2.31. The summed E-state index contributed by atoms with van der Waals surface area (Å²) in [4.78, 5) is 19.9. The third-order valence-electron chi connectivity index (χ3n) is 4.04. The molecule has 0 aliphatic carbocycles. The van der Waals surface area contributed by atoms with Gasteiger partial charge in [0, 0.05) is 36.3 Å². The number of pyridine rings is 1. The summed E-state index contributed by atoms with van der Waals surface area (Å²) in [7, 11) is -3.77. The lowest BCUT2D eigenvalue weighted by Crippen LogP contribution is -2.13. The van der Waals surface area contributed by atoms with E-state index in [9.17, 15) is 13.2 Å². The average molecular weight is 425 g/mol. The minimum atomic E-state index is -3.77. The number of carbonyl (C=O) groups excluding carboxylic acids is 1. The summed E-state index contributed by atoms with van der Waals surface area (Å²) in [5, 5.41) is 3.39. The fourth-order valence-electron chi connectivity index (χ4n) is 2.75. The van der Waals surface area contributed by atoms with Gasteiger partial charge in [0.2, 0.25) is 5.91 Å². The summed E-state index contributed by atoms with van der Waals surface area (Å²) in [6, 6.07) is 14.9. The lowest BCUT2D eigenvalue weighted by molar-refractivity contribution is -0.114. The number of carbonyl (C=O) groups is 1. The van der Waals surface area contributed by atoms with E-state index in [1.165, 1.54) is 30.4 Å². The summed E-state index contributed by atoms with van der Waals surface area (Å²) in [6.45, 7) is 1.39. The summed E-state index contributed by atoms with van der Waals surface area (Å²) in [6.07, 6.45) is 3.45. The SMILES string of the molecule is CC(=O)Nc1ccc(S(=O)(=O)Nc2cccc(-c3nc4ccncc4s3)c2)cc1. The van der Waals surface area contributed by atoms with Crippen LogP contribution < -0.4 is 10.0 Å². The van der Waals surface area contributed by atoms with Crippen molar-refractivity contribution in [1.29, 1.82) is 0 Å². The Balaban J connectivity index is 1.59. The molecule has 0 spiro atoms. The Morgan fingerprint density at radius 1 is 1.03 bits per heavy atom. The zero-order valence-corrected chi connectivity index (χ0v) is 16.9. The van der Waals surface area contributed by atoms with Gasteiger partial charge in [0.1, 0.15) is 5.01 Å². The second-order valence-electron chi connectivity index (χ2n) is 6.25. The van der Waals surface area contributed by atoms with Gasteiger partial charge < -0.3 is 5.32 Å². The van der Waals surface area contributed by atoms with Crippen LogP contribution in [0, 0.1) is 0 Å². The summed E-state index contributed by atoms with van der Waals surface area (Å²) < 4.78 is 29.0. The largest absolute Gasteiger partial charge is 0.326 e. The maximum absolute atomic E-state index is 12.7. The van der Waals surface area contributed by atoms with E-state index in [1.807, 2.05) is 12.1 Å². The van der Waals surface area contributed by atoms with Crippen molar-refractivity contribution >= 4 is 48.9 Å². The molecule has 9 heteroatoms. The number of nitrogens with one attached hydrogen (secondary N) is 2. The fraction of sp³-hybridized carbons (Fsp3) is 0.0500. The molecule has 0 atom stereocenters. The van der Waals surface area contributed by atoms with Gasteiger partial charge in [-0.05, 0) is 42.5 Å². The highest BCUT2D eigenvalue weighted by molar-refractivity contribution is 7.92. The number of sulfonamides is 1. The second kappa shape index (κ2) is 7.61. The molecule has 4 aromatic rings. The molecule has 0 unspecified atom stereocenters. The Morgan fingerprint density at radius 2 is 1.83 bits per heavy atom. The van der Waals surface area contributed by atoms with Crippen LogP contribution in [0.3, 0.4) is 0 Å². The number of aromatic nitrogens is 2. The van der Waals surface area contributed by atoms with Crippen molar-refractivity contribution in [3.05, 3.63) is 67.0 Å². The quantitative estimate of drug-likeness (QED) is 0.502. The predicted molar refractivity (Wildman–Crippen MR) is 114 cm³/mol. The van der Waals surface area contributed by atoms with Crippen LogP contribution in [-0.2, 0) is 14.8 Å².